The maximum atomic E-state index is 11.7. The minimum Gasteiger partial charge on any atom is -0.461 e. The van der Waals surface area contributed by atoms with Crippen molar-refractivity contribution in [3.63, 3.8) is 0 Å². The van der Waals surface area contributed by atoms with Crippen LogP contribution in [0.1, 0.15) is 64.7 Å². The second-order valence-electron chi connectivity index (χ2n) is 6.13. The van der Waals surface area contributed by atoms with Crippen molar-refractivity contribution in [3.8, 4) is 0 Å². The van der Waals surface area contributed by atoms with Gasteiger partial charge in [-0.1, -0.05) is 32.1 Å². The smallest absolute Gasteiger partial charge is 0.356 e. The maximum Gasteiger partial charge on any atom is 0.356 e. The molecule has 0 amide bonds. The average Bonchev–Trinajstić information content (AvgIpc) is 2.96. The van der Waals surface area contributed by atoms with E-state index in [-0.39, 0.29) is 5.71 Å². The van der Waals surface area contributed by atoms with Crippen LogP contribution in [0.3, 0.4) is 0 Å². The fourth-order valence-electron chi connectivity index (χ4n) is 3.44. The van der Waals surface area contributed by atoms with Crippen LogP contribution in [-0.4, -0.2) is 24.8 Å². The molecule has 2 rings (SSSR count). The highest BCUT2D eigenvalue weighted by Gasteiger charge is 2.23. The van der Waals surface area contributed by atoms with Crippen molar-refractivity contribution in [3.05, 3.63) is 11.3 Å². The van der Waals surface area contributed by atoms with Gasteiger partial charge in [0, 0.05) is 17.8 Å². The first-order valence-corrected chi connectivity index (χ1v) is 8.44. The molecule has 4 nitrogen and oxygen atoms in total. The Labute approximate surface area is 127 Å². The van der Waals surface area contributed by atoms with E-state index in [1.54, 1.807) is 6.92 Å². The minimum absolute atomic E-state index is 0.0505. The molecule has 2 aliphatic carbocycles. The first kappa shape index (κ1) is 16.1. The van der Waals surface area contributed by atoms with Crippen LogP contribution in [0.25, 0.3) is 0 Å². The molecule has 4 heteroatoms. The van der Waals surface area contributed by atoms with Crippen molar-refractivity contribution in [2.75, 3.05) is 13.2 Å². The van der Waals surface area contributed by atoms with Crippen molar-refractivity contribution in [1.29, 1.82) is 5.41 Å². The molecule has 118 valence electrons. The average molecular weight is 292 g/mol. The van der Waals surface area contributed by atoms with E-state index in [4.69, 9.17) is 10.1 Å². The second kappa shape index (κ2) is 8.20. The van der Waals surface area contributed by atoms with Crippen LogP contribution in [0.5, 0.6) is 0 Å². The minimum atomic E-state index is -0.485. The molecule has 0 bridgehead atoms. The van der Waals surface area contributed by atoms with Gasteiger partial charge >= 0.3 is 5.97 Å². The molecule has 0 heterocycles. The quantitative estimate of drug-likeness (QED) is 0.557. The molecular formula is C17H28N2O2. The van der Waals surface area contributed by atoms with Crippen LogP contribution in [0.15, 0.2) is 11.3 Å². The summed E-state index contributed by atoms with van der Waals surface area (Å²) in [6, 6.07) is 0. The largest absolute Gasteiger partial charge is 0.461 e. The first-order chi connectivity index (χ1) is 10.2. The van der Waals surface area contributed by atoms with E-state index >= 15 is 0 Å². The van der Waals surface area contributed by atoms with Crippen molar-refractivity contribution in [2.45, 2.75) is 64.7 Å². The van der Waals surface area contributed by atoms with E-state index in [9.17, 15) is 4.79 Å². The Morgan fingerprint density at radius 3 is 2.71 bits per heavy atom. The van der Waals surface area contributed by atoms with E-state index in [0.717, 1.165) is 43.0 Å². The molecule has 0 atom stereocenters. The van der Waals surface area contributed by atoms with Crippen molar-refractivity contribution in [2.24, 2.45) is 5.92 Å². The molecule has 0 radical (unpaired) electrons. The zero-order valence-corrected chi connectivity index (χ0v) is 13.2. The van der Waals surface area contributed by atoms with Gasteiger partial charge in [-0.05, 0) is 38.5 Å². The number of rotatable bonds is 7. The van der Waals surface area contributed by atoms with Crippen LogP contribution >= 0.6 is 0 Å². The summed E-state index contributed by atoms with van der Waals surface area (Å²) in [5.74, 6) is 0.377. The van der Waals surface area contributed by atoms with Gasteiger partial charge in [0.15, 0.2) is 0 Å². The fraction of sp³-hybridized carbons (Fsp3) is 0.765. The van der Waals surface area contributed by atoms with Crippen LogP contribution < -0.4 is 5.32 Å². The highest BCUT2D eigenvalue weighted by molar-refractivity contribution is 6.42. The summed E-state index contributed by atoms with van der Waals surface area (Å²) in [5.41, 5.74) is 2.02. The number of carbonyl (C=O) groups excluding carboxylic acids is 1. The van der Waals surface area contributed by atoms with Crippen LogP contribution in [0, 0.1) is 11.3 Å². The zero-order valence-electron chi connectivity index (χ0n) is 13.2. The van der Waals surface area contributed by atoms with E-state index in [2.05, 4.69) is 5.32 Å². The number of carbonyl (C=O) groups is 1. The number of nitrogens with one attached hydrogen (secondary N) is 2. The third kappa shape index (κ3) is 4.58. The summed E-state index contributed by atoms with van der Waals surface area (Å²) in [6.07, 6.45) is 10.9. The van der Waals surface area contributed by atoms with Gasteiger partial charge in [0.2, 0.25) is 0 Å². The lowest BCUT2D eigenvalue weighted by molar-refractivity contribution is -0.135. The van der Waals surface area contributed by atoms with Gasteiger partial charge < -0.3 is 10.1 Å². The molecule has 0 aromatic heterocycles. The summed E-state index contributed by atoms with van der Waals surface area (Å²) in [7, 11) is 0. The Morgan fingerprint density at radius 2 is 2.00 bits per heavy atom. The Balaban J connectivity index is 1.83. The van der Waals surface area contributed by atoms with Crippen LogP contribution in [0.2, 0.25) is 0 Å². The molecular weight excluding hydrogens is 264 g/mol. The summed E-state index contributed by atoms with van der Waals surface area (Å²) >= 11 is 0. The Morgan fingerprint density at radius 1 is 1.24 bits per heavy atom. The fourth-order valence-corrected chi connectivity index (χ4v) is 3.44. The SMILES string of the molecule is CCOC(=O)C(=N)C1=C(NCCC2CCCCC2)CCC1. The predicted molar refractivity (Wildman–Crippen MR) is 84.4 cm³/mol. The van der Waals surface area contributed by atoms with E-state index in [0.29, 0.717) is 6.61 Å². The molecule has 0 aromatic rings. The topological polar surface area (TPSA) is 62.2 Å². The number of ether oxygens (including phenoxy) is 1. The van der Waals surface area contributed by atoms with Gasteiger partial charge in [-0.25, -0.2) is 4.79 Å². The Kier molecular flexibility index (Phi) is 6.27. The standard InChI is InChI=1S/C17H28N2O2/c1-2-21-17(20)16(18)14-9-6-10-15(14)19-12-11-13-7-4-3-5-8-13/h13,18-19H,2-12H2,1H3. The van der Waals surface area contributed by atoms with Crippen LogP contribution in [-0.2, 0) is 9.53 Å². The van der Waals surface area contributed by atoms with Gasteiger partial charge in [0.1, 0.15) is 5.71 Å². The molecule has 2 N–H and O–H groups in total. The molecule has 0 aromatic carbocycles. The highest BCUT2D eigenvalue weighted by Crippen LogP contribution is 2.28. The van der Waals surface area contributed by atoms with Crippen molar-refractivity contribution < 1.29 is 9.53 Å². The van der Waals surface area contributed by atoms with Gasteiger partial charge in [-0.3, -0.25) is 5.41 Å². The molecule has 0 spiro atoms. The molecule has 21 heavy (non-hydrogen) atoms. The Bertz CT molecular complexity index is 409. The highest BCUT2D eigenvalue weighted by atomic mass is 16.5. The Hall–Kier alpha value is -1.32. The third-order valence-corrected chi connectivity index (χ3v) is 4.61. The lowest BCUT2D eigenvalue weighted by Crippen LogP contribution is -2.23. The molecule has 1 saturated carbocycles. The van der Waals surface area contributed by atoms with E-state index in [1.165, 1.54) is 38.5 Å². The summed E-state index contributed by atoms with van der Waals surface area (Å²) in [6.45, 7) is 3.08. The summed E-state index contributed by atoms with van der Waals surface area (Å²) in [5, 5.41) is 11.5. The van der Waals surface area contributed by atoms with Gasteiger partial charge in [-0.2, -0.15) is 0 Å². The zero-order chi connectivity index (χ0) is 15.1. The molecule has 0 aliphatic heterocycles. The molecule has 0 saturated heterocycles. The molecule has 2 aliphatic rings. The van der Waals surface area contributed by atoms with Gasteiger partial charge in [-0.15, -0.1) is 0 Å². The first-order valence-electron chi connectivity index (χ1n) is 8.44. The lowest BCUT2D eigenvalue weighted by Gasteiger charge is -2.22. The molecule has 0 unspecified atom stereocenters. The van der Waals surface area contributed by atoms with Gasteiger partial charge in [0.05, 0.1) is 6.61 Å². The third-order valence-electron chi connectivity index (χ3n) is 4.61. The number of esters is 1. The molecule has 1 fully saturated rings. The maximum absolute atomic E-state index is 11.7. The van der Waals surface area contributed by atoms with E-state index in [1.807, 2.05) is 0 Å². The number of allylic oxidation sites excluding steroid dienone is 1. The van der Waals surface area contributed by atoms with Crippen molar-refractivity contribution >= 4 is 11.7 Å². The predicted octanol–water partition coefficient (Wildman–Crippen LogP) is 3.57. The van der Waals surface area contributed by atoms with Crippen molar-refractivity contribution in [1.82, 2.24) is 5.32 Å². The summed E-state index contributed by atoms with van der Waals surface area (Å²) in [4.78, 5) is 11.7. The van der Waals surface area contributed by atoms with Crippen LogP contribution in [0.4, 0.5) is 0 Å². The second-order valence-corrected chi connectivity index (χ2v) is 6.13. The number of hydrogen-bond donors (Lipinski definition) is 2. The lowest BCUT2D eigenvalue weighted by atomic mass is 9.87. The number of hydrogen-bond acceptors (Lipinski definition) is 4. The summed E-state index contributed by atoms with van der Waals surface area (Å²) < 4.78 is 4.94. The van der Waals surface area contributed by atoms with E-state index < -0.39 is 5.97 Å². The van der Waals surface area contributed by atoms with Gasteiger partial charge in [0.25, 0.3) is 0 Å². The monoisotopic (exact) mass is 292 g/mol. The normalized spacial score (nSPS) is 19.7.